The van der Waals surface area contributed by atoms with Crippen molar-refractivity contribution < 1.29 is 9.31 Å². The average molecular weight is 292 g/mol. The Morgan fingerprint density at radius 2 is 2.10 bits per heavy atom. The largest absolute Gasteiger partial charge is 0.379 e. The van der Waals surface area contributed by atoms with Gasteiger partial charge in [-0.05, 0) is 42.1 Å². The van der Waals surface area contributed by atoms with Gasteiger partial charge in [0.1, 0.15) is 5.82 Å². The van der Waals surface area contributed by atoms with Crippen molar-refractivity contribution in [2.75, 3.05) is 5.32 Å². The monoisotopic (exact) mass is 292 g/mol. The normalized spacial score (nSPS) is 33.1. The zero-order chi connectivity index (χ0) is 15.4. The van der Waals surface area contributed by atoms with Crippen molar-refractivity contribution in [3.05, 3.63) is 34.1 Å². The van der Waals surface area contributed by atoms with Crippen LogP contribution in [-0.2, 0) is 0 Å². The zero-order valence-corrected chi connectivity index (χ0v) is 12.6. The van der Waals surface area contributed by atoms with Gasteiger partial charge >= 0.3 is 0 Å². The van der Waals surface area contributed by atoms with E-state index < -0.39 is 10.7 Å². The van der Waals surface area contributed by atoms with E-state index in [-0.39, 0.29) is 28.2 Å². The second-order valence-corrected chi connectivity index (χ2v) is 7.41. The fourth-order valence-corrected chi connectivity index (χ4v) is 4.56. The van der Waals surface area contributed by atoms with Gasteiger partial charge in [-0.2, -0.15) is 0 Å². The lowest BCUT2D eigenvalue weighted by Gasteiger charge is -2.43. The summed E-state index contributed by atoms with van der Waals surface area (Å²) in [7, 11) is 0. The number of non-ortho nitro benzene ring substituents is 1. The highest BCUT2D eigenvalue weighted by atomic mass is 19.1. The molecule has 1 N–H and O–H groups in total. The van der Waals surface area contributed by atoms with E-state index in [1.807, 2.05) is 0 Å². The molecule has 1 aromatic rings. The number of nitro groups is 1. The van der Waals surface area contributed by atoms with Crippen LogP contribution in [-0.4, -0.2) is 11.0 Å². The van der Waals surface area contributed by atoms with Crippen LogP contribution in [0.4, 0.5) is 15.8 Å². The standard InChI is InChI=1S/C16H21FN2O2/c1-15(2)10-6-7-16(3,9-10)14(15)18-13-8-11(19(20)21)4-5-12(13)17/h4-5,8,10,14,18H,6-7,9H2,1-3H3/t10-,14?,16+/m0/s1. The van der Waals surface area contributed by atoms with Crippen LogP contribution in [0.5, 0.6) is 0 Å². The maximum absolute atomic E-state index is 14.0. The van der Waals surface area contributed by atoms with Crippen molar-refractivity contribution in [2.45, 2.75) is 46.1 Å². The highest BCUT2D eigenvalue weighted by molar-refractivity contribution is 5.53. The summed E-state index contributed by atoms with van der Waals surface area (Å²) < 4.78 is 14.0. The van der Waals surface area contributed by atoms with Gasteiger partial charge in [0.25, 0.3) is 5.69 Å². The van der Waals surface area contributed by atoms with E-state index in [0.717, 1.165) is 12.8 Å². The summed E-state index contributed by atoms with van der Waals surface area (Å²) in [5, 5.41) is 14.2. The number of anilines is 1. The van der Waals surface area contributed by atoms with E-state index in [9.17, 15) is 14.5 Å². The molecule has 0 amide bonds. The van der Waals surface area contributed by atoms with Gasteiger partial charge in [0.05, 0.1) is 10.6 Å². The van der Waals surface area contributed by atoms with Crippen molar-refractivity contribution in [2.24, 2.45) is 16.7 Å². The van der Waals surface area contributed by atoms with Crippen LogP contribution in [0.15, 0.2) is 18.2 Å². The number of nitrogens with zero attached hydrogens (tertiary/aromatic N) is 1. The number of halogens is 1. The topological polar surface area (TPSA) is 55.2 Å². The van der Waals surface area contributed by atoms with Gasteiger partial charge in [0.15, 0.2) is 0 Å². The number of fused-ring (bicyclic) bond motifs is 2. The molecule has 0 spiro atoms. The summed E-state index contributed by atoms with van der Waals surface area (Å²) in [6, 6.07) is 3.82. The molecule has 0 heterocycles. The highest BCUT2D eigenvalue weighted by Crippen LogP contribution is 2.63. The summed E-state index contributed by atoms with van der Waals surface area (Å²) in [6.45, 7) is 6.68. The molecule has 2 aliphatic rings. The fraction of sp³-hybridized carbons (Fsp3) is 0.625. The van der Waals surface area contributed by atoms with Gasteiger partial charge in [-0.25, -0.2) is 4.39 Å². The molecule has 3 atom stereocenters. The Labute approximate surface area is 123 Å². The lowest BCUT2D eigenvalue weighted by Crippen LogP contribution is -2.45. The molecule has 0 radical (unpaired) electrons. The van der Waals surface area contributed by atoms with E-state index in [0.29, 0.717) is 5.92 Å². The van der Waals surface area contributed by atoms with Crippen molar-refractivity contribution in [3.8, 4) is 0 Å². The molecular formula is C16H21FN2O2. The Morgan fingerprint density at radius 1 is 1.38 bits per heavy atom. The maximum atomic E-state index is 14.0. The Morgan fingerprint density at radius 3 is 2.67 bits per heavy atom. The molecule has 1 unspecified atom stereocenters. The van der Waals surface area contributed by atoms with Gasteiger partial charge < -0.3 is 5.32 Å². The number of nitro benzene ring substituents is 1. The molecule has 2 fully saturated rings. The molecule has 114 valence electrons. The third kappa shape index (κ3) is 2.10. The van der Waals surface area contributed by atoms with E-state index >= 15 is 0 Å². The summed E-state index contributed by atoms with van der Waals surface area (Å²) in [4.78, 5) is 10.4. The molecule has 0 aromatic heterocycles. The van der Waals surface area contributed by atoms with Gasteiger partial charge in [-0.15, -0.1) is 0 Å². The van der Waals surface area contributed by atoms with Gasteiger partial charge in [-0.3, -0.25) is 10.1 Å². The van der Waals surface area contributed by atoms with Crippen molar-refractivity contribution >= 4 is 11.4 Å². The molecule has 3 rings (SSSR count). The third-order valence-electron chi connectivity index (χ3n) is 5.73. The second kappa shape index (κ2) is 4.42. The minimum atomic E-state index is -0.488. The number of hydrogen-bond donors (Lipinski definition) is 1. The minimum Gasteiger partial charge on any atom is -0.379 e. The van der Waals surface area contributed by atoms with Crippen molar-refractivity contribution in [1.82, 2.24) is 0 Å². The number of hydrogen-bond acceptors (Lipinski definition) is 3. The molecule has 0 aliphatic heterocycles. The summed E-state index contributed by atoms with van der Waals surface area (Å²) in [5.74, 6) is 0.213. The molecule has 0 saturated heterocycles. The molecule has 2 saturated carbocycles. The fourth-order valence-electron chi connectivity index (χ4n) is 4.56. The Hall–Kier alpha value is -1.65. The quantitative estimate of drug-likeness (QED) is 0.665. The predicted molar refractivity (Wildman–Crippen MR) is 79.7 cm³/mol. The second-order valence-electron chi connectivity index (χ2n) is 7.41. The molecular weight excluding hydrogens is 271 g/mol. The number of rotatable bonds is 3. The first-order valence-electron chi connectivity index (χ1n) is 7.44. The van der Waals surface area contributed by atoms with Gasteiger partial charge in [0.2, 0.25) is 0 Å². The highest BCUT2D eigenvalue weighted by Gasteiger charge is 2.59. The maximum Gasteiger partial charge on any atom is 0.271 e. The molecule has 4 nitrogen and oxygen atoms in total. The van der Waals surface area contributed by atoms with Crippen molar-refractivity contribution in [3.63, 3.8) is 0 Å². The van der Waals surface area contributed by atoms with Crippen LogP contribution in [0.3, 0.4) is 0 Å². The van der Waals surface area contributed by atoms with Crippen LogP contribution in [0.2, 0.25) is 0 Å². The molecule has 5 heteroatoms. The van der Waals surface area contributed by atoms with Crippen molar-refractivity contribution in [1.29, 1.82) is 0 Å². The minimum absolute atomic E-state index is 0.0735. The van der Waals surface area contributed by atoms with Crippen LogP contribution in [0, 0.1) is 32.7 Å². The summed E-state index contributed by atoms with van der Waals surface area (Å²) >= 11 is 0. The lowest BCUT2D eigenvalue weighted by atomic mass is 9.68. The van der Waals surface area contributed by atoms with E-state index in [4.69, 9.17) is 0 Å². The van der Waals surface area contributed by atoms with E-state index in [1.54, 1.807) is 0 Å². The van der Waals surface area contributed by atoms with Crippen LogP contribution in [0.1, 0.15) is 40.0 Å². The number of benzene rings is 1. The smallest absolute Gasteiger partial charge is 0.271 e. The van der Waals surface area contributed by atoms with E-state index in [2.05, 4.69) is 26.1 Å². The first kappa shape index (κ1) is 14.3. The third-order valence-corrected chi connectivity index (χ3v) is 5.73. The molecule has 21 heavy (non-hydrogen) atoms. The van der Waals surface area contributed by atoms with Crippen LogP contribution in [0.25, 0.3) is 0 Å². The van der Waals surface area contributed by atoms with Gasteiger partial charge in [0, 0.05) is 18.2 Å². The predicted octanol–water partition coefficient (Wildman–Crippen LogP) is 4.36. The summed E-state index contributed by atoms with van der Waals surface area (Å²) in [5.41, 5.74) is 0.385. The Bertz CT molecular complexity index is 597. The Balaban J connectivity index is 1.93. The average Bonchev–Trinajstić information content (AvgIpc) is 2.87. The SMILES string of the molecule is CC1(C)C(Nc2cc([N+](=O)[O-])ccc2F)[C@]2(C)CC[C@H]1C2. The zero-order valence-electron chi connectivity index (χ0n) is 12.6. The first-order valence-corrected chi connectivity index (χ1v) is 7.44. The molecule has 2 bridgehead atoms. The molecule has 1 aromatic carbocycles. The van der Waals surface area contributed by atoms with Gasteiger partial charge in [-0.1, -0.05) is 20.8 Å². The lowest BCUT2D eigenvalue weighted by molar-refractivity contribution is -0.384. The Kier molecular flexibility index (Phi) is 3.01. The first-order chi connectivity index (χ1) is 9.74. The number of nitrogens with one attached hydrogen (secondary N) is 1. The van der Waals surface area contributed by atoms with Crippen LogP contribution >= 0.6 is 0 Å². The van der Waals surface area contributed by atoms with E-state index in [1.165, 1.54) is 24.6 Å². The van der Waals surface area contributed by atoms with Crippen LogP contribution < -0.4 is 5.32 Å². The molecule has 2 aliphatic carbocycles. The summed E-state index contributed by atoms with van der Waals surface area (Å²) in [6.07, 6.45) is 3.50.